The molecule has 2 aromatic rings. The van der Waals surface area contributed by atoms with Crippen LogP contribution in [-0.2, 0) is 10.3 Å². The van der Waals surface area contributed by atoms with E-state index in [1.54, 1.807) is 12.1 Å². The summed E-state index contributed by atoms with van der Waals surface area (Å²) in [6.07, 6.45) is 1.30. The summed E-state index contributed by atoms with van der Waals surface area (Å²) in [5.74, 6) is -0.252. The second kappa shape index (κ2) is 6.38. The minimum Gasteiger partial charge on any atom is -0.479 e. The van der Waals surface area contributed by atoms with Gasteiger partial charge in [-0.2, -0.15) is 0 Å². The monoisotopic (exact) mass is 335 g/mol. The van der Waals surface area contributed by atoms with Crippen LogP contribution in [0.1, 0.15) is 24.0 Å². The van der Waals surface area contributed by atoms with Gasteiger partial charge in [0.05, 0.1) is 13.2 Å². The number of halogens is 2. The molecule has 3 rings (SSSR count). The zero-order valence-electron chi connectivity index (χ0n) is 12.9. The molecule has 3 nitrogen and oxygen atoms in total. The van der Waals surface area contributed by atoms with Crippen molar-refractivity contribution in [2.45, 2.75) is 25.4 Å². The number of ether oxygens (including phenoxy) is 2. The number of hydrogen-bond donors (Lipinski definition) is 1. The summed E-state index contributed by atoms with van der Waals surface area (Å²) < 4.78 is 25.9. The van der Waals surface area contributed by atoms with Crippen molar-refractivity contribution in [1.82, 2.24) is 0 Å². The highest BCUT2D eigenvalue weighted by Gasteiger charge is 2.38. The minimum atomic E-state index is -0.621. The first-order valence-corrected chi connectivity index (χ1v) is 7.96. The lowest BCUT2D eigenvalue weighted by atomic mass is 9.83. The van der Waals surface area contributed by atoms with Gasteiger partial charge < -0.3 is 15.2 Å². The molecule has 1 aliphatic heterocycles. The Bertz CT molecular complexity index is 714. The number of aryl methyl sites for hydroxylation is 1. The van der Waals surface area contributed by atoms with Crippen LogP contribution >= 0.6 is 11.6 Å². The lowest BCUT2D eigenvalue weighted by Gasteiger charge is -2.39. The minimum absolute atomic E-state index is 0.204. The molecule has 0 aromatic heterocycles. The van der Waals surface area contributed by atoms with Crippen LogP contribution in [0.15, 0.2) is 36.4 Å². The first kappa shape index (κ1) is 16.1. The molecule has 0 unspecified atom stereocenters. The van der Waals surface area contributed by atoms with Gasteiger partial charge in [0.25, 0.3) is 0 Å². The fraction of sp³-hybridized carbons (Fsp3) is 0.333. The van der Waals surface area contributed by atoms with Gasteiger partial charge in [-0.1, -0.05) is 17.7 Å². The van der Waals surface area contributed by atoms with Crippen LogP contribution < -0.4 is 10.5 Å². The van der Waals surface area contributed by atoms with Crippen molar-refractivity contribution in [3.05, 3.63) is 58.4 Å². The summed E-state index contributed by atoms with van der Waals surface area (Å²) in [5.41, 5.74) is 7.41. The summed E-state index contributed by atoms with van der Waals surface area (Å²) in [6.45, 7) is 3.12. The lowest BCUT2D eigenvalue weighted by molar-refractivity contribution is -0.0521. The number of benzene rings is 2. The van der Waals surface area contributed by atoms with Gasteiger partial charge in [-0.25, -0.2) is 4.39 Å². The van der Waals surface area contributed by atoms with Gasteiger partial charge in [0.2, 0.25) is 0 Å². The molecule has 122 valence electrons. The standard InChI is InChI=1S/C18H19ClFNO2/c1-12-10-13(19)2-4-15(12)18(6-8-22-9-7-18)23-17-5-3-14(21)11-16(17)20/h2-5,10-11H,6-9,21H2,1H3. The van der Waals surface area contributed by atoms with Crippen LogP contribution in [0.3, 0.4) is 0 Å². The molecular weight excluding hydrogens is 317 g/mol. The smallest absolute Gasteiger partial charge is 0.167 e. The van der Waals surface area contributed by atoms with Gasteiger partial charge >= 0.3 is 0 Å². The van der Waals surface area contributed by atoms with E-state index < -0.39 is 11.4 Å². The third-order valence-corrected chi connectivity index (χ3v) is 4.48. The second-order valence-electron chi connectivity index (χ2n) is 5.86. The summed E-state index contributed by atoms with van der Waals surface area (Å²) in [7, 11) is 0. The quantitative estimate of drug-likeness (QED) is 0.842. The average molecular weight is 336 g/mol. The molecule has 0 bridgehead atoms. The van der Waals surface area contributed by atoms with Crippen molar-refractivity contribution in [2.24, 2.45) is 0 Å². The normalized spacial score (nSPS) is 17.0. The molecule has 1 saturated heterocycles. The fourth-order valence-corrected chi connectivity index (χ4v) is 3.30. The van der Waals surface area contributed by atoms with Crippen molar-refractivity contribution in [2.75, 3.05) is 18.9 Å². The van der Waals surface area contributed by atoms with Crippen molar-refractivity contribution in [3.8, 4) is 5.75 Å². The molecule has 0 aliphatic carbocycles. The van der Waals surface area contributed by atoms with E-state index >= 15 is 0 Å². The summed E-state index contributed by atoms with van der Waals surface area (Å²) in [4.78, 5) is 0. The van der Waals surface area contributed by atoms with Crippen LogP contribution in [0.4, 0.5) is 10.1 Å². The Hall–Kier alpha value is -1.78. The maximum atomic E-state index is 14.2. The van der Waals surface area contributed by atoms with E-state index in [0.717, 1.165) is 11.1 Å². The molecule has 1 fully saturated rings. The van der Waals surface area contributed by atoms with Crippen LogP contribution in [0.25, 0.3) is 0 Å². The van der Waals surface area contributed by atoms with Crippen LogP contribution in [0, 0.1) is 12.7 Å². The van der Waals surface area contributed by atoms with Crippen LogP contribution in [0.2, 0.25) is 5.02 Å². The van der Waals surface area contributed by atoms with Crippen molar-refractivity contribution >= 4 is 17.3 Å². The SMILES string of the molecule is Cc1cc(Cl)ccc1C1(Oc2ccc(N)cc2F)CCOCC1. The fourth-order valence-electron chi connectivity index (χ4n) is 3.08. The van der Waals surface area contributed by atoms with Gasteiger partial charge in [0.1, 0.15) is 5.60 Å². The van der Waals surface area contributed by atoms with Gasteiger partial charge in [-0.05, 0) is 42.3 Å². The highest BCUT2D eigenvalue weighted by atomic mass is 35.5. The molecule has 1 heterocycles. The third kappa shape index (κ3) is 3.28. The largest absolute Gasteiger partial charge is 0.479 e. The van der Waals surface area contributed by atoms with E-state index in [-0.39, 0.29) is 5.75 Å². The third-order valence-electron chi connectivity index (χ3n) is 4.24. The molecule has 0 atom stereocenters. The molecular formula is C18H19ClFNO2. The van der Waals surface area contributed by atoms with Gasteiger partial charge in [0.15, 0.2) is 11.6 Å². The number of rotatable bonds is 3. The Morgan fingerprint density at radius 2 is 1.91 bits per heavy atom. The Morgan fingerprint density at radius 1 is 1.17 bits per heavy atom. The molecule has 23 heavy (non-hydrogen) atoms. The highest BCUT2D eigenvalue weighted by molar-refractivity contribution is 6.30. The number of nitrogen functional groups attached to an aromatic ring is 1. The molecule has 0 spiro atoms. The zero-order chi connectivity index (χ0) is 16.4. The Morgan fingerprint density at radius 3 is 2.57 bits per heavy atom. The van der Waals surface area contributed by atoms with E-state index in [1.807, 2.05) is 25.1 Å². The Kier molecular flexibility index (Phi) is 4.46. The van der Waals surface area contributed by atoms with Gasteiger partial charge in [-0.15, -0.1) is 0 Å². The predicted octanol–water partition coefficient (Wildman–Crippen LogP) is 4.45. The first-order chi connectivity index (χ1) is 11.0. The summed E-state index contributed by atoms with van der Waals surface area (Å²) in [6, 6.07) is 10.2. The summed E-state index contributed by atoms with van der Waals surface area (Å²) in [5, 5.41) is 0.673. The second-order valence-corrected chi connectivity index (χ2v) is 6.29. The van der Waals surface area contributed by atoms with Crippen molar-refractivity contribution in [3.63, 3.8) is 0 Å². The maximum Gasteiger partial charge on any atom is 0.167 e. The molecule has 5 heteroatoms. The molecule has 0 radical (unpaired) electrons. The van der Waals surface area contributed by atoms with Gasteiger partial charge in [0, 0.05) is 29.6 Å². The molecule has 2 N–H and O–H groups in total. The van der Waals surface area contributed by atoms with E-state index in [9.17, 15) is 4.39 Å². The molecule has 0 saturated carbocycles. The maximum absolute atomic E-state index is 14.2. The molecule has 1 aliphatic rings. The topological polar surface area (TPSA) is 44.5 Å². The van der Waals surface area contributed by atoms with E-state index in [0.29, 0.717) is 36.8 Å². The Labute approximate surface area is 140 Å². The predicted molar refractivity (Wildman–Crippen MR) is 89.4 cm³/mol. The molecule has 2 aromatic carbocycles. The van der Waals surface area contributed by atoms with Crippen LogP contribution in [0.5, 0.6) is 5.75 Å². The number of hydrogen-bond acceptors (Lipinski definition) is 3. The van der Waals surface area contributed by atoms with Gasteiger partial charge in [-0.3, -0.25) is 0 Å². The van der Waals surface area contributed by atoms with Crippen LogP contribution in [-0.4, -0.2) is 13.2 Å². The summed E-state index contributed by atoms with van der Waals surface area (Å²) >= 11 is 6.06. The average Bonchev–Trinajstić information content (AvgIpc) is 2.51. The van der Waals surface area contributed by atoms with Crippen molar-refractivity contribution < 1.29 is 13.9 Å². The first-order valence-electron chi connectivity index (χ1n) is 7.59. The Balaban J connectivity index is 2.02. The van der Waals surface area contributed by atoms with Crippen molar-refractivity contribution in [1.29, 1.82) is 0 Å². The molecule has 0 amide bonds. The zero-order valence-corrected chi connectivity index (χ0v) is 13.7. The van der Waals surface area contributed by atoms with E-state index in [1.165, 1.54) is 6.07 Å². The lowest BCUT2D eigenvalue weighted by Crippen LogP contribution is -2.40. The van der Waals surface area contributed by atoms with E-state index in [4.69, 9.17) is 26.8 Å². The number of anilines is 1. The van der Waals surface area contributed by atoms with E-state index in [2.05, 4.69) is 0 Å². The highest BCUT2D eigenvalue weighted by Crippen LogP contribution is 2.40. The number of nitrogens with two attached hydrogens (primary N) is 1.